The molecule has 11 aromatic rings. The summed E-state index contributed by atoms with van der Waals surface area (Å²) in [5.74, 6) is 0. The average Bonchev–Trinajstić information content (AvgIpc) is 3.80. The Labute approximate surface area is 332 Å². The maximum atomic E-state index is 2.44. The van der Waals surface area contributed by atoms with Gasteiger partial charge in [-0.05, 0) is 88.0 Å². The van der Waals surface area contributed by atoms with Crippen molar-refractivity contribution in [2.75, 3.05) is 0 Å². The minimum atomic E-state index is -0.536. The van der Waals surface area contributed by atoms with E-state index in [2.05, 4.69) is 240 Å². The summed E-state index contributed by atoms with van der Waals surface area (Å²) >= 11 is 0. The van der Waals surface area contributed by atoms with E-state index in [1.807, 2.05) is 0 Å². The van der Waals surface area contributed by atoms with Crippen LogP contribution in [0.15, 0.2) is 231 Å². The second kappa shape index (κ2) is 13.4. The zero-order valence-electron chi connectivity index (χ0n) is 31.3. The number of nitrogens with zero attached hydrogens (tertiary/aromatic N) is 2. The van der Waals surface area contributed by atoms with Crippen molar-refractivity contribution < 1.29 is 0 Å². The first kappa shape index (κ1) is 33.0. The molecule has 57 heavy (non-hydrogen) atoms. The third kappa shape index (κ3) is 5.18. The average molecular weight is 727 g/mol. The molecular formula is C55H38N2. The van der Waals surface area contributed by atoms with Crippen LogP contribution in [0, 0.1) is 0 Å². The summed E-state index contributed by atoms with van der Waals surface area (Å²) in [6, 6.07) is 84.2. The van der Waals surface area contributed by atoms with Gasteiger partial charge in [-0.1, -0.05) is 176 Å². The molecule has 9 aromatic carbocycles. The van der Waals surface area contributed by atoms with Gasteiger partial charge in [-0.15, -0.1) is 0 Å². The Kier molecular flexibility index (Phi) is 7.75. The highest BCUT2D eigenvalue weighted by molar-refractivity contribution is 6.11. The van der Waals surface area contributed by atoms with Gasteiger partial charge in [0, 0.05) is 32.9 Å². The lowest BCUT2D eigenvalue weighted by Crippen LogP contribution is -2.31. The molecule has 0 saturated carbocycles. The number of rotatable bonds is 7. The number of hydrogen-bond donors (Lipinski definition) is 0. The van der Waals surface area contributed by atoms with Gasteiger partial charge in [-0.3, -0.25) is 0 Å². The fourth-order valence-electron chi connectivity index (χ4n) is 9.36. The number of para-hydroxylation sites is 3. The van der Waals surface area contributed by atoms with Gasteiger partial charge in [0.2, 0.25) is 0 Å². The van der Waals surface area contributed by atoms with Crippen LogP contribution in [0.1, 0.15) is 22.3 Å². The maximum absolute atomic E-state index is 2.44. The summed E-state index contributed by atoms with van der Waals surface area (Å²) in [5.41, 5.74) is 13.9. The summed E-state index contributed by atoms with van der Waals surface area (Å²) in [7, 11) is 0. The van der Waals surface area contributed by atoms with Crippen LogP contribution < -0.4 is 0 Å². The highest BCUT2D eigenvalue weighted by atomic mass is 15.0. The molecule has 0 fully saturated rings. The van der Waals surface area contributed by atoms with Crippen LogP contribution in [0.3, 0.4) is 0 Å². The Morgan fingerprint density at radius 3 is 1.25 bits per heavy atom. The van der Waals surface area contributed by atoms with Gasteiger partial charge in [0.15, 0.2) is 0 Å². The molecular weight excluding hydrogens is 689 g/mol. The molecule has 2 heterocycles. The van der Waals surface area contributed by atoms with E-state index in [0.717, 1.165) is 5.69 Å². The van der Waals surface area contributed by atoms with Crippen LogP contribution in [0.5, 0.6) is 0 Å². The van der Waals surface area contributed by atoms with Crippen molar-refractivity contribution in [2.45, 2.75) is 5.41 Å². The van der Waals surface area contributed by atoms with Crippen LogP contribution in [-0.4, -0.2) is 9.13 Å². The zero-order valence-corrected chi connectivity index (χ0v) is 31.3. The molecule has 0 unspecified atom stereocenters. The first-order valence-electron chi connectivity index (χ1n) is 19.7. The van der Waals surface area contributed by atoms with Crippen molar-refractivity contribution in [2.24, 2.45) is 0 Å². The van der Waals surface area contributed by atoms with Gasteiger partial charge in [0.1, 0.15) is 0 Å². The molecule has 2 nitrogen and oxygen atoms in total. The van der Waals surface area contributed by atoms with Crippen LogP contribution in [0.25, 0.3) is 66.1 Å². The Balaban J connectivity index is 1.09. The molecule has 268 valence electrons. The fourth-order valence-corrected chi connectivity index (χ4v) is 9.36. The third-order valence-electron chi connectivity index (χ3n) is 11.9. The lowest BCUT2D eigenvalue weighted by Gasteiger charge is -2.37. The van der Waals surface area contributed by atoms with Crippen molar-refractivity contribution in [1.29, 1.82) is 0 Å². The monoisotopic (exact) mass is 726 g/mol. The Morgan fingerprint density at radius 1 is 0.246 bits per heavy atom. The van der Waals surface area contributed by atoms with Crippen molar-refractivity contribution in [3.8, 4) is 22.5 Å². The van der Waals surface area contributed by atoms with Gasteiger partial charge in [-0.25, -0.2) is 0 Å². The highest BCUT2D eigenvalue weighted by Gasteiger charge is 2.38. The molecule has 0 bridgehead atoms. The van der Waals surface area contributed by atoms with Crippen molar-refractivity contribution in [1.82, 2.24) is 9.13 Å². The number of hydrogen-bond acceptors (Lipinski definition) is 0. The van der Waals surface area contributed by atoms with Gasteiger partial charge in [0.05, 0.1) is 27.5 Å². The van der Waals surface area contributed by atoms with E-state index in [4.69, 9.17) is 0 Å². The predicted octanol–water partition coefficient (Wildman–Crippen LogP) is 13.9. The SMILES string of the molecule is c1ccc(-n2c3ccccc3c3cc(-c4ccc(-n5c6ccccc6c6ccc(C(c7ccccc7)(c7ccccc7)c7ccccc7)cc65)cc4)ccc32)cc1. The maximum Gasteiger partial charge on any atom is 0.0702 e. The standard InChI is InChI=1S/C55H38N2/c1-5-17-41(18-6-1)55(42-19-7-2-8-20-42,43-21-9-3-10-22-43)44-32-35-49-47-25-13-15-27-51(47)57(54(49)38-44)46-33-29-39(30-34-46)40-31-36-53-50(37-40)48-26-14-16-28-52(48)56(53)45-23-11-4-12-24-45/h1-38H. The summed E-state index contributed by atoms with van der Waals surface area (Å²) in [6.45, 7) is 0. The molecule has 0 N–H and O–H groups in total. The van der Waals surface area contributed by atoms with E-state index in [1.54, 1.807) is 0 Å². The molecule has 0 aliphatic heterocycles. The first-order chi connectivity index (χ1) is 28.3. The number of fused-ring (bicyclic) bond motifs is 6. The fraction of sp³-hybridized carbons (Fsp3) is 0.0182. The van der Waals surface area contributed by atoms with Crippen molar-refractivity contribution in [3.63, 3.8) is 0 Å². The van der Waals surface area contributed by atoms with Crippen LogP contribution in [0.4, 0.5) is 0 Å². The summed E-state index contributed by atoms with van der Waals surface area (Å²) in [4.78, 5) is 0. The van der Waals surface area contributed by atoms with Gasteiger partial charge in [0.25, 0.3) is 0 Å². The Morgan fingerprint density at radius 2 is 0.667 bits per heavy atom. The van der Waals surface area contributed by atoms with E-state index in [9.17, 15) is 0 Å². The topological polar surface area (TPSA) is 9.86 Å². The lowest BCUT2D eigenvalue weighted by molar-refractivity contribution is 0.746. The Bertz CT molecular complexity index is 3100. The van der Waals surface area contributed by atoms with Crippen molar-refractivity contribution >= 4 is 43.6 Å². The zero-order chi connectivity index (χ0) is 37.8. The van der Waals surface area contributed by atoms with E-state index >= 15 is 0 Å². The van der Waals surface area contributed by atoms with E-state index in [1.165, 1.54) is 82.7 Å². The molecule has 11 rings (SSSR count). The Hall–Kier alpha value is -7.42. The summed E-state index contributed by atoms with van der Waals surface area (Å²) < 4.78 is 4.82. The number of benzene rings is 9. The van der Waals surface area contributed by atoms with Crippen LogP contribution >= 0.6 is 0 Å². The quantitative estimate of drug-likeness (QED) is 0.145. The minimum absolute atomic E-state index is 0.536. The second-order valence-corrected chi connectivity index (χ2v) is 14.9. The largest absolute Gasteiger partial charge is 0.309 e. The minimum Gasteiger partial charge on any atom is -0.309 e. The molecule has 0 radical (unpaired) electrons. The molecule has 0 saturated heterocycles. The molecule has 0 atom stereocenters. The molecule has 0 aliphatic rings. The summed E-state index contributed by atoms with van der Waals surface area (Å²) in [6.07, 6.45) is 0. The van der Waals surface area contributed by atoms with E-state index in [-0.39, 0.29) is 0 Å². The van der Waals surface area contributed by atoms with Gasteiger partial charge >= 0.3 is 0 Å². The van der Waals surface area contributed by atoms with Crippen molar-refractivity contribution in [3.05, 3.63) is 253 Å². The van der Waals surface area contributed by atoms with Gasteiger partial charge < -0.3 is 9.13 Å². The lowest BCUT2D eigenvalue weighted by atomic mass is 9.65. The second-order valence-electron chi connectivity index (χ2n) is 14.9. The highest BCUT2D eigenvalue weighted by Crippen LogP contribution is 2.47. The molecule has 0 aliphatic carbocycles. The first-order valence-corrected chi connectivity index (χ1v) is 19.7. The van der Waals surface area contributed by atoms with Crippen LogP contribution in [-0.2, 0) is 5.41 Å². The van der Waals surface area contributed by atoms with Gasteiger partial charge in [-0.2, -0.15) is 0 Å². The molecule has 0 spiro atoms. The smallest absolute Gasteiger partial charge is 0.0702 e. The molecule has 2 aromatic heterocycles. The van der Waals surface area contributed by atoms with E-state index < -0.39 is 5.41 Å². The molecule has 0 amide bonds. The van der Waals surface area contributed by atoms with E-state index in [0.29, 0.717) is 0 Å². The third-order valence-corrected chi connectivity index (χ3v) is 11.9. The number of aromatic nitrogens is 2. The molecule has 2 heteroatoms. The van der Waals surface area contributed by atoms with Crippen LogP contribution in [0.2, 0.25) is 0 Å². The summed E-state index contributed by atoms with van der Waals surface area (Å²) in [5, 5.41) is 4.99. The normalized spacial score (nSPS) is 11.9. The predicted molar refractivity (Wildman–Crippen MR) is 239 cm³/mol.